The molecule has 0 aliphatic carbocycles. The van der Waals surface area contributed by atoms with E-state index in [1.165, 1.54) is 16.7 Å². The van der Waals surface area contributed by atoms with E-state index in [1.54, 1.807) is 7.11 Å². The van der Waals surface area contributed by atoms with Crippen molar-refractivity contribution in [1.29, 1.82) is 0 Å². The molecular weight excluding hydrogens is 332 g/mol. The van der Waals surface area contributed by atoms with E-state index in [0.717, 1.165) is 28.1 Å². The van der Waals surface area contributed by atoms with E-state index in [4.69, 9.17) is 4.74 Å². The molecule has 25 heavy (non-hydrogen) atoms. The van der Waals surface area contributed by atoms with Gasteiger partial charge in [0, 0.05) is 33.6 Å². The highest BCUT2D eigenvalue weighted by Gasteiger charge is 2.06. The number of nitrogens with zero attached hydrogens (tertiary/aromatic N) is 3. The maximum Gasteiger partial charge on any atom is 0.230 e. The second-order valence-electron chi connectivity index (χ2n) is 5.51. The van der Waals surface area contributed by atoms with Crippen LogP contribution in [0.3, 0.4) is 0 Å². The Morgan fingerprint density at radius 2 is 2.08 bits per heavy atom. The Bertz CT molecular complexity index is 1030. The number of fused-ring (bicyclic) bond motifs is 1. The molecule has 4 rings (SSSR count). The fraction of sp³-hybridized carbons (Fsp3) is 0.105. The fourth-order valence-electron chi connectivity index (χ4n) is 2.66. The zero-order valence-electron chi connectivity index (χ0n) is 13.6. The van der Waals surface area contributed by atoms with Crippen molar-refractivity contribution >= 4 is 27.4 Å². The summed E-state index contributed by atoms with van der Waals surface area (Å²) in [4.78, 5) is 7.78. The summed E-state index contributed by atoms with van der Waals surface area (Å²) in [6.07, 6.45) is 1.98. The zero-order chi connectivity index (χ0) is 17.1. The van der Waals surface area contributed by atoms with Crippen LogP contribution in [-0.2, 0) is 6.54 Å². The van der Waals surface area contributed by atoms with Gasteiger partial charge in [-0.1, -0.05) is 30.3 Å². The lowest BCUT2D eigenvalue weighted by Gasteiger charge is -2.01. The predicted octanol–water partition coefficient (Wildman–Crippen LogP) is 5.58. The molecule has 0 spiro atoms. The summed E-state index contributed by atoms with van der Waals surface area (Å²) in [5.74, 6) is 0.813. The molecule has 0 saturated carbocycles. The number of para-hydroxylation sites is 1. The van der Waals surface area contributed by atoms with Crippen molar-refractivity contribution in [1.82, 2.24) is 9.97 Å². The third-order valence-electron chi connectivity index (χ3n) is 3.93. The Morgan fingerprint density at radius 3 is 3.00 bits per heavy atom. The Kier molecular flexibility index (Phi) is 4.26. The summed E-state index contributed by atoms with van der Waals surface area (Å²) in [7, 11) is 1.66. The molecule has 2 aromatic heterocycles. The Labute approximate surface area is 149 Å². The van der Waals surface area contributed by atoms with Crippen LogP contribution < -0.4 is 4.74 Å². The molecule has 0 saturated heterocycles. The highest BCUT2D eigenvalue weighted by molar-refractivity contribution is 7.13. The number of methoxy groups -OCH3 is 1. The van der Waals surface area contributed by atoms with Gasteiger partial charge < -0.3 is 9.72 Å². The minimum Gasteiger partial charge on any atom is -0.497 e. The van der Waals surface area contributed by atoms with Gasteiger partial charge in [-0.15, -0.1) is 16.5 Å². The van der Waals surface area contributed by atoms with Gasteiger partial charge in [0.05, 0.1) is 19.3 Å². The summed E-state index contributed by atoms with van der Waals surface area (Å²) in [5.41, 5.74) is 4.13. The molecular formula is C19H16N4OS. The van der Waals surface area contributed by atoms with Gasteiger partial charge in [0.2, 0.25) is 5.13 Å². The maximum absolute atomic E-state index is 5.26. The molecule has 2 heterocycles. The third kappa shape index (κ3) is 3.29. The molecule has 0 radical (unpaired) electrons. The Balaban J connectivity index is 1.50. The summed E-state index contributed by atoms with van der Waals surface area (Å²) in [5, 5.41) is 12.4. The second kappa shape index (κ2) is 6.86. The van der Waals surface area contributed by atoms with Crippen LogP contribution in [0, 0.1) is 0 Å². The molecule has 2 aromatic carbocycles. The minimum absolute atomic E-state index is 0.526. The van der Waals surface area contributed by atoms with Crippen LogP contribution in [0.1, 0.15) is 5.56 Å². The summed E-state index contributed by atoms with van der Waals surface area (Å²) < 4.78 is 5.26. The smallest absolute Gasteiger partial charge is 0.230 e. The largest absolute Gasteiger partial charge is 0.497 e. The molecule has 0 bridgehead atoms. The van der Waals surface area contributed by atoms with E-state index in [2.05, 4.69) is 32.3 Å². The number of aromatic amines is 1. The third-order valence-corrected chi connectivity index (χ3v) is 4.65. The first kappa shape index (κ1) is 15.5. The van der Waals surface area contributed by atoms with E-state index in [-0.39, 0.29) is 0 Å². The van der Waals surface area contributed by atoms with E-state index in [1.807, 2.05) is 48.0 Å². The number of rotatable bonds is 5. The average Bonchev–Trinajstić information content (AvgIpc) is 3.29. The van der Waals surface area contributed by atoms with Gasteiger partial charge in [-0.2, -0.15) is 5.11 Å². The first-order valence-corrected chi connectivity index (χ1v) is 8.74. The molecule has 0 fully saturated rings. The van der Waals surface area contributed by atoms with Gasteiger partial charge in [-0.25, -0.2) is 4.98 Å². The number of H-pyrrole nitrogens is 1. The van der Waals surface area contributed by atoms with Gasteiger partial charge >= 0.3 is 0 Å². The van der Waals surface area contributed by atoms with Crippen molar-refractivity contribution < 1.29 is 4.74 Å². The quantitative estimate of drug-likeness (QED) is 0.478. The summed E-state index contributed by atoms with van der Waals surface area (Å²) in [6, 6.07) is 16.0. The van der Waals surface area contributed by atoms with Crippen LogP contribution in [0.25, 0.3) is 22.2 Å². The van der Waals surface area contributed by atoms with E-state index in [9.17, 15) is 0 Å². The minimum atomic E-state index is 0.526. The molecule has 5 nitrogen and oxygen atoms in total. The van der Waals surface area contributed by atoms with Crippen molar-refractivity contribution in [3.05, 3.63) is 65.7 Å². The van der Waals surface area contributed by atoms with Crippen molar-refractivity contribution in [2.45, 2.75) is 6.54 Å². The van der Waals surface area contributed by atoms with E-state index in [0.29, 0.717) is 11.7 Å². The molecule has 0 amide bonds. The number of azo groups is 1. The van der Waals surface area contributed by atoms with Gasteiger partial charge in [0.25, 0.3) is 0 Å². The monoisotopic (exact) mass is 348 g/mol. The summed E-state index contributed by atoms with van der Waals surface area (Å²) in [6.45, 7) is 0.526. The molecule has 0 atom stereocenters. The predicted molar refractivity (Wildman–Crippen MR) is 101 cm³/mol. The number of ether oxygens (including phenoxy) is 1. The van der Waals surface area contributed by atoms with Crippen molar-refractivity contribution in [3.8, 4) is 17.0 Å². The van der Waals surface area contributed by atoms with E-state index < -0.39 is 0 Å². The van der Waals surface area contributed by atoms with Crippen LogP contribution in [0.4, 0.5) is 5.13 Å². The first-order chi connectivity index (χ1) is 12.3. The van der Waals surface area contributed by atoms with Crippen LogP contribution in [0.15, 0.2) is 70.3 Å². The number of hydrogen-bond donors (Lipinski definition) is 1. The van der Waals surface area contributed by atoms with Crippen molar-refractivity contribution in [3.63, 3.8) is 0 Å². The molecule has 0 aliphatic rings. The van der Waals surface area contributed by atoms with Crippen LogP contribution in [0.5, 0.6) is 5.75 Å². The highest BCUT2D eigenvalue weighted by atomic mass is 32.1. The lowest BCUT2D eigenvalue weighted by atomic mass is 10.2. The topological polar surface area (TPSA) is 62.6 Å². The lowest BCUT2D eigenvalue weighted by molar-refractivity contribution is 0.415. The number of hydrogen-bond acceptors (Lipinski definition) is 5. The van der Waals surface area contributed by atoms with Gasteiger partial charge in [0.1, 0.15) is 5.75 Å². The number of nitrogens with one attached hydrogen (secondary N) is 1. The van der Waals surface area contributed by atoms with Gasteiger partial charge in [0.15, 0.2) is 0 Å². The number of thiazole rings is 1. The van der Waals surface area contributed by atoms with Gasteiger partial charge in [-0.05, 0) is 18.2 Å². The molecule has 1 N–H and O–H groups in total. The zero-order valence-corrected chi connectivity index (χ0v) is 14.5. The SMILES string of the molecule is COc1cccc(-c2csc(N=NCc3c[nH]c4ccccc34)n2)c1. The van der Waals surface area contributed by atoms with Crippen molar-refractivity contribution in [2.75, 3.05) is 7.11 Å². The van der Waals surface area contributed by atoms with Crippen LogP contribution >= 0.6 is 11.3 Å². The lowest BCUT2D eigenvalue weighted by Crippen LogP contribution is -1.83. The number of aromatic nitrogens is 2. The Hall–Kier alpha value is -2.99. The van der Waals surface area contributed by atoms with E-state index >= 15 is 0 Å². The highest BCUT2D eigenvalue weighted by Crippen LogP contribution is 2.29. The normalized spacial score (nSPS) is 11.4. The van der Waals surface area contributed by atoms with Crippen LogP contribution in [-0.4, -0.2) is 17.1 Å². The number of benzene rings is 2. The van der Waals surface area contributed by atoms with Crippen LogP contribution in [0.2, 0.25) is 0 Å². The summed E-state index contributed by atoms with van der Waals surface area (Å²) >= 11 is 1.48. The maximum atomic E-state index is 5.26. The molecule has 4 aromatic rings. The Morgan fingerprint density at radius 1 is 1.16 bits per heavy atom. The molecule has 0 aliphatic heterocycles. The standard InChI is InChI=1S/C19H16N4OS/c1-24-15-6-4-5-13(9-15)18-12-25-19(22-18)23-21-11-14-10-20-17-8-3-2-7-16(14)17/h2-10,12,20H,11H2,1H3. The van der Waals surface area contributed by atoms with Crippen molar-refractivity contribution in [2.24, 2.45) is 10.2 Å². The molecule has 124 valence electrons. The molecule has 6 heteroatoms. The van der Waals surface area contributed by atoms with Gasteiger partial charge in [-0.3, -0.25) is 0 Å². The first-order valence-electron chi connectivity index (χ1n) is 7.86. The molecule has 0 unspecified atom stereocenters. The second-order valence-corrected chi connectivity index (χ2v) is 6.34. The fourth-order valence-corrected chi connectivity index (χ4v) is 3.32. The average molecular weight is 348 g/mol.